The molecule has 214 valence electrons. The third kappa shape index (κ3) is 7.07. The summed E-state index contributed by atoms with van der Waals surface area (Å²) in [4.78, 5) is 20.2. The molecule has 0 spiro atoms. The number of benzene rings is 3. The van der Waals surface area contributed by atoms with E-state index in [4.69, 9.17) is 5.11 Å². The van der Waals surface area contributed by atoms with Crippen molar-refractivity contribution in [3.63, 3.8) is 0 Å². The van der Waals surface area contributed by atoms with Crippen molar-refractivity contribution >= 4 is 35.1 Å². The lowest BCUT2D eigenvalue weighted by Gasteiger charge is -2.36. The standard InChI is InChI=1S/C29H28N4O2S.C4H10O/c1-17-5-7-20(8-6-17)27-19(3)28-23-10-9-22(32-25-11-12-30-16-31-25)13-21(23)15-33(36-4)29(28)18(2)24(27)14-26(34)35;1-4(2,3)5/h5-13,16H,14-15H2,1-4H3,(H,34,35)(H,30,31,32);5H,1-3H3. The molecule has 5 rings (SSSR count). The van der Waals surface area contributed by atoms with E-state index in [1.54, 1.807) is 38.9 Å². The monoisotopic (exact) mass is 570 g/mol. The second-order valence-electron chi connectivity index (χ2n) is 11.2. The van der Waals surface area contributed by atoms with E-state index in [0.29, 0.717) is 0 Å². The molecular formula is C33H38N4O3S. The van der Waals surface area contributed by atoms with Crippen LogP contribution >= 0.6 is 11.9 Å². The van der Waals surface area contributed by atoms with E-state index in [2.05, 4.69) is 89.1 Å². The Balaban J connectivity index is 0.000000714. The zero-order chi connectivity index (χ0) is 29.9. The number of rotatable bonds is 6. The zero-order valence-electron chi connectivity index (χ0n) is 24.7. The van der Waals surface area contributed by atoms with Gasteiger partial charge in [-0.1, -0.05) is 47.8 Å². The number of hydrogen-bond acceptors (Lipinski definition) is 7. The molecule has 7 nitrogen and oxygen atoms in total. The van der Waals surface area contributed by atoms with Crippen LogP contribution in [-0.4, -0.2) is 38.0 Å². The maximum Gasteiger partial charge on any atom is 0.307 e. The minimum absolute atomic E-state index is 0.0139. The maximum absolute atomic E-state index is 11.9. The lowest BCUT2D eigenvalue weighted by molar-refractivity contribution is -0.136. The molecule has 3 N–H and O–H groups in total. The average molecular weight is 571 g/mol. The van der Waals surface area contributed by atoms with Crippen LogP contribution in [0.15, 0.2) is 61.1 Å². The van der Waals surface area contributed by atoms with Gasteiger partial charge in [-0.3, -0.25) is 4.79 Å². The zero-order valence-corrected chi connectivity index (χ0v) is 25.6. The summed E-state index contributed by atoms with van der Waals surface area (Å²) in [6, 6.07) is 16.6. The van der Waals surface area contributed by atoms with Gasteiger partial charge >= 0.3 is 5.97 Å². The van der Waals surface area contributed by atoms with Crippen molar-refractivity contribution in [2.24, 2.45) is 0 Å². The van der Waals surface area contributed by atoms with E-state index in [9.17, 15) is 9.90 Å². The second kappa shape index (κ2) is 12.3. The minimum Gasteiger partial charge on any atom is -0.481 e. The highest BCUT2D eigenvalue weighted by Crippen LogP contribution is 2.50. The second-order valence-corrected chi connectivity index (χ2v) is 12.1. The fourth-order valence-electron chi connectivity index (χ4n) is 5.12. The first-order chi connectivity index (χ1) is 19.4. The van der Waals surface area contributed by atoms with Gasteiger partial charge in [0, 0.05) is 23.7 Å². The Hall–Kier alpha value is -3.88. The van der Waals surface area contributed by atoms with E-state index >= 15 is 0 Å². The first-order valence-corrected chi connectivity index (χ1v) is 14.7. The van der Waals surface area contributed by atoms with Crippen molar-refractivity contribution in [1.82, 2.24) is 9.97 Å². The Labute approximate surface area is 246 Å². The number of fused-ring (bicyclic) bond motifs is 3. The van der Waals surface area contributed by atoms with E-state index in [-0.39, 0.29) is 6.42 Å². The van der Waals surface area contributed by atoms with E-state index in [0.717, 1.165) is 51.6 Å². The molecule has 1 aliphatic rings. The van der Waals surface area contributed by atoms with Crippen LogP contribution in [-0.2, 0) is 17.8 Å². The van der Waals surface area contributed by atoms with Gasteiger partial charge in [-0.2, -0.15) is 0 Å². The summed E-state index contributed by atoms with van der Waals surface area (Å²) in [5.41, 5.74) is 11.4. The largest absolute Gasteiger partial charge is 0.481 e. The normalized spacial score (nSPS) is 12.1. The maximum atomic E-state index is 11.9. The van der Waals surface area contributed by atoms with Crippen LogP contribution in [0.3, 0.4) is 0 Å². The Morgan fingerprint density at radius 2 is 1.71 bits per heavy atom. The van der Waals surface area contributed by atoms with Crippen LogP contribution in [0.5, 0.6) is 0 Å². The van der Waals surface area contributed by atoms with E-state index in [1.807, 2.05) is 6.07 Å². The fourth-order valence-corrected chi connectivity index (χ4v) is 5.80. The molecule has 0 radical (unpaired) electrons. The molecule has 0 bridgehead atoms. The number of carbonyl (C=O) groups is 1. The Morgan fingerprint density at radius 3 is 2.29 bits per heavy atom. The van der Waals surface area contributed by atoms with Crippen molar-refractivity contribution < 1.29 is 15.0 Å². The molecule has 3 aromatic carbocycles. The van der Waals surface area contributed by atoms with E-state index in [1.165, 1.54) is 28.6 Å². The Morgan fingerprint density at radius 1 is 1.02 bits per heavy atom. The summed E-state index contributed by atoms with van der Waals surface area (Å²) in [5, 5.41) is 21.7. The topological polar surface area (TPSA) is 98.6 Å². The van der Waals surface area contributed by atoms with Crippen molar-refractivity contribution in [2.75, 3.05) is 15.9 Å². The van der Waals surface area contributed by atoms with Crippen LogP contribution < -0.4 is 9.62 Å². The highest BCUT2D eigenvalue weighted by atomic mass is 32.2. The van der Waals surface area contributed by atoms with Gasteiger partial charge in [0.1, 0.15) is 12.1 Å². The molecule has 1 aliphatic heterocycles. The summed E-state index contributed by atoms with van der Waals surface area (Å²) >= 11 is 1.66. The number of nitrogens with one attached hydrogen (secondary N) is 1. The lowest BCUT2D eigenvalue weighted by Crippen LogP contribution is -2.22. The first kappa shape index (κ1) is 30.1. The minimum atomic E-state index is -0.821. The summed E-state index contributed by atoms with van der Waals surface area (Å²) in [7, 11) is 0. The molecule has 0 aliphatic carbocycles. The SMILES string of the molecule is CC(C)(C)O.CSN1Cc2cc(Nc3ccncn3)ccc2-c2c(C)c(-c3ccc(C)cc3)c(CC(=O)O)c(C)c21. The van der Waals surface area contributed by atoms with Gasteiger partial charge in [-0.15, -0.1) is 0 Å². The van der Waals surface area contributed by atoms with Crippen LogP contribution in [0.1, 0.15) is 48.6 Å². The number of aryl methyl sites for hydroxylation is 1. The van der Waals surface area contributed by atoms with E-state index < -0.39 is 11.6 Å². The number of anilines is 3. The molecule has 8 heteroatoms. The van der Waals surface area contributed by atoms with Crippen molar-refractivity contribution in [1.29, 1.82) is 0 Å². The van der Waals surface area contributed by atoms with Crippen LogP contribution in [0, 0.1) is 20.8 Å². The molecule has 1 aromatic heterocycles. The molecule has 0 amide bonds. The summed E-state index contributed by atoms with van der Waals surface area (Å²) in [5.74, 6) is -0.0759. The molecule has 2 heterocycles. The van der Waals surface area contributed by atoms with Crippen LogP contribution in [0.25, 0.3) is 22.3 Å². The predicted octanol–water partition coefficient (Wildman–Crippen LogP) is 7.48. The molecule has 4 aromatic rings. The van der Waals surface area contributed by atoms with Crippen molar-refractivity contribution in [3.8, 4) is 22.3 Å². The average Bonchev–Trinajstić information content (AvgIpc) is 2.91. The summed E-state index contributed by atoms with van der Waals surface area (Å²) in [6.45, 7) is 12.2. The quantitative estimate of drug-likeness (QED) is 0.205. The van der Waals surface area contributed by atoms with Crippen LogP contribution in [0.4, 0.5) is 17.2 Å². The highest BCUT2D eigenvalue weighted by molar-refractivity contribution is 7.99. The number of nitrogens with zero attached hydrogens (tertiary/aromatic N) is 3. The number of aliphatic carboxylic acids is 1. The molecule has 0 fully saturated rings. The third-order valence-electron chi connectivity index (χ3n) is 6.78. The molecule has 0 unspecified atom stereocenters. The Kier molecular flexibility index (Phi) is 9.05. The number of aliphatic hydroxyl groups is 1. The summed E-state index contributed by atoms with van der Waals surface area (Å²) in [6.07, 6.45) is 5.30. The molecular weight excluding hydrogens is 532 g/mol. The Bertz CT molecular complexity index is 1540. The molecule has 41 heavy (non-hydrogen) atoms. The highest BCUT2D eigenvalue weighted by Gasteiger charge is 2.30. The van der Waals surface area contributed by atoms with Crippen LogP contribution in [0.2, 0.25) is 0 Å². The van der Waals surface area contributed by atoms with Crippen molar-refractivity contribution in [3.05, 3.63) is 88.9 Å². The van der Waals surface area contributed by atoms with Gasteiger partial charge in [0.25, 0.3) is 0 Å². The third-order valence-corrected chi connectivity index (χ3v) is 7.53. The predicted molar refractivity (Wildman–Crippen MR) is 170 cm³/mol. The molecule has 0 saturated carbocycles. The number of aromatic nitrogens is 2. The molecule has 0 atom stereocenters. The van der Waals surface area contributed by atoms with Gasteiger partial charge in [-0.05, 0) is 98.7 Å². The lowest BCUT2D eigenvalue weighted by atomic mass is 9.81. The van der Waals surface area contributed by atoms with Gasteiger partial charge in [0.05, 0.1) is 24.3 Å². The van der Waals surface area contributed by atoms with Gasteiger partial charge in [0.2, 0.25) is 0 Å². The number of carboxylic acids is 1. The molecule has 0 saturated heterocycles. The van der Waals surface area contributed by atoms with Gasteiger partial charge in [0.15, 0.2) is 0 Å². The smallest absolute Gasteiger partial charge is 0.307 e. The van der Waals surface area contributed by atoms with Gasteiger partial charge < -0.3 is 19.8 Å². The summed E-state index contributed by atoms with van der Waals surface area (Å²) < 4.78 is 2.28. The first-order valence-electron chi connectivity index (χ1n) is 13.5. The fraction of sp³-hybridized carbons (Fsp3) is 0.303. The number of carboxylic acid groups (broad SMARTS) is 1. The van der Waals surface area contributed by atoms with Crippen molar-refractivity contribution in [2.45, 2.75) is 60.1 Å². The van der Waals surface area contributed by atoms with Gasteiger partial charge in [-0.25, -0.2) is 9.97 Å². The number of hydrogen-bond donors (Lipinski definition) is 3.